The lowest BCUT2D eigenvalue weighted by molar-refractivity contribution is -0.116. The molecule has 5 heteroatoms. The van der Waals surface area contributed by atoms with Crippen molar-refractivity contribution in [3.63, 3.8) is 0 Å². The molecule has 0 heterocycles. The van der Waals surface area contributed by atoms with Crippen molar-refractivity contribution in [2.75, 3.05) is 0 Å². The summed E-state index contributed by atoms with van der Waals surface area (Å²) < 4.78 is 28.1. The number of amides is 1. The van der Waals surface area contributed by atoms with Crippen molar-refractivity contribution in [1.29, 1.82) is 0 Å². The van der Waals surface area contributed by atoms with Gasteiger partial charge in [-0.25, -0.2) is 0 Å². The van der Waals surface area contributed by atoms with Crippen LogP contribution >= 0.6 is 0 Å². The molecule has 0 saturated heterocycles. The predicted molar refractivity (Wildman–Crippen MR) is 55.1 cm³/mol. The molecule has 0 radical (unpaired) electrons. The van der Waals surface area contributed by atoms with Gasteiger partial charge in [0.1, 0.15) is 5.75 Å². The summed E-state index contributed by atoms with van der Waals surface area (Å²) in [6, 6.07) is 6.13. The maximum absolute atomic E-state index is 11.9. The first kappa shape index (κ1) is 12.2. The number of benzene rings is 1. The minimum absolute atomic E-state index is 0.0698. The molecule has 1 rings (SSSR count). The minimum atomic E-state index is -2.85. The second-order valence-corrected chi connectivity index (χ2v) is 2.95. The molecule has 0 saturated carbocycles. The first-order chi connectivity index (χ1) is 7.61. The Kier molecular flexibility index (Phi) is 4.44. The zero-order chi connectivity index (χ0) is 12.0. The zero-order valence-electron chi connectivity index (χ0n) is 8.45. The van der Waals surface area contributed by atoms with Gasteiger partial charge in [-0.3, -0.25) is 4.79 Å². The Morgan fingerprint density at radius 1 is 1.56 bits per heavy atom. The van der Waals surface area contributed by atoms with Crippen molar-refractivity contribution >= 4 is 5.91 Å². The molecule has 0 bridgehead atoms. The summed E-state index contributed by atoms with van der Waals surface area (Å²) in [5.74, 6) is -0.250. The number of carbonyl (C=O) groups is 1. The molecule has 3 nitrogen and oxygen atoms in total. The highest BCUT2D eigenvalue weighted by Gasteiger charge is 2.04. The third-order valence-corrected chi connectivity index (χ3v) is 1.78. The van der Waals surface area contributed by atoms with E-state index in [4.69, 9.17) is 0 Å². The molecule has 0 spiro atoms. The van der Waals surface area contributed by atoms with Crippen LogP contribution in [0.1, 0.15) is 5.56 Å². The number of carbonyl (C=O) groups excluding carboxylic acids is 1. The lowest BCUT2D eigenvalue weighted by Crippen LogP contribution is -2.19. The van der Waals surface area contributed by atoms with Gasteiger partial charge in [0, 0.05) is 6.54 Å². The van der Waals surface area contributed by atoms with Gasteiger partial charge >= 0.3 is 6.61 Å². The van der Waals surface area contributed by atoms with Crippen molar-refractivity contribution < 1.29 is 18.3 Å². The van der Waals surface area contributed by atoms with Gasteiger partial charge in [-0.1, -0.05) is 18.7 Å². The predicted octanol–water partition coefficient (Wildman–Crippen LogP) is 2.09. The average molecular weight is 227 g/mol. The number of hydrogen-bond donors (Lipinski definition) is 1. The Morgan fingerprint density at radius 3 is 2.94 bits per heavy atom. The van der Waals surface area contributed by atoms with Crippen LogP contribution in [-0.4, -0.2) is 12.5 Å². The SMILES string of the molecule is C=CC(=O)NCc1cccc(OC(F)F)c1. The van der Waals surface area contributed by atoms with E-state index in [1.807, 2.05) is 0 Å². The average Bonchev–Trinajstić information content (AvgIpc) is 2.25. The molecule has 0 fully saturated rings. The van der Waals surface area contributed by atoms with Crippen molar-refractivity contribution in [3.05, 3.63) is 42.5 Å². The van der Waals surface area contributed by atoms with Crippen LogP contribution in [0.5, 0.6) is 5.75 Å². The van der Waals surface area contributed by atoms with Crippen LogP contribution < -0.4 is 10.1 Å². The number of alkyl halides is 2. The van der Waals surface area contributed by atoms with Gasteiger partial charge < -0.3 is 10.1 Å². The fraction of sp³-hybridized carbons (Fsp3) is 0.182. The van der Waals surface area contributed by atoms with Crippen LogP contribution in [0.25, 0.3) is 0 Å². The maximum Gasteiger partial charge on any atom is 0.387 e. The van der Waals surface area contributed by atoms with Gasteiger partial charge in [0.2, 0.25) is 5.91 Å². The lowest BCUT2D eigenvalue weighted by Gasteiger charge is -2.07. The molecule has 1 amide bonds. The van der Waals surface area contributed by atoms with E-state index in [1.54, 1.807) is 12.1 Å². The van der Waals surface area contributed by atoms with E-state index >= 15 is 0 Å². The molecule has 0 aliphatic carbocycles. The number of rotatable bonds is 5. The molecule has 16 heavy (non-hydrogen) atoms. The van der Waals surface area contributed by atoms with Crippen LogP contribution in [0.3, 0.4) is 0 Å². The fourth-order valence-electron chi connectivity index (χ4n) is 1.09. The molecule has 1 aromatic rings. The summed E-state index contributed by atoms with van der Waals surface area (Å²) in [7, 11) is 0. The van der Waals surface area contributed by atoms with Crippen LogP contribution in [0.2, 0.25) is 0 Å². The summed E-state index contributed by atoms with van der Waals surface area (Å²) in [5, 5.41) is 2.53. The molecule has 0 unspecified atom stereocenters. The van der Waals surface area contributed by atoms with Gasteiger partial charge in [0.05, 0.1) is 0 Å². The van der Waals surface area contributed by atoms with E-state index in [2.05, 4.69) is 16.6 Å². The van der Waals surface area contributed by atoms with Gasteiger partial charge in [-0.15, -0.1) is 0 Å². The first-order valence-corrected chi connectivity index (χ1v) is 4.56. The molecule has 86 valence electrons. The van der Waals surface area contributed by atoms with Gasteiger partial charge in [0.25, 0.3) is 0 Å². The van der Waals surface area contributed by atoms with E-state index in [1.165, 1.54) is 12.1 Å². The Morgan fingerprint density at radius 2 is 2.31 bits per heavy atom. The maximum atomic E-state index is 11.9. The van der Waals surface area contributed by atoms with Crippen LogP contribution in [0.15, 0.2) is 36.9 Å². The van der Waals surface area contributed by atoms with Crippen molar-refractivity contribution in [2.45, 2.75) is 13.2 Å². The molecule has 0 atom stereocenters. The van der Waals surface area contributed by atoms with Crippen molar-refractivity contribution in [3.8, 4) is 5.75 Å². The van der Waals surface area contributed by atoms with E-state index < -0.39 is 6.61 Å². The fourth-order valence-corrected chi connectivity index (χ4v) is 1.09. The quantitative estimate of drug-likeness (QED) is 0.782. The summed E-state index contributed by atoms with van der Waals surface area (Å²) in [6.45, 7) is 0.686. The van der Waals surface area contributed by atoms with E-state index in [9.17, 15) is 13.6 Å². The third kappa shape index (κ3) is 4.08. The monoisotopic (exact) mass is 227 g/mol. The number of nitrogens with one attached hydrogen (secondary N) is 1. The second-order valence-electron chi connectivity index (χ2n) is 2.95. The summed E-state index contributed by atoms with van der Waals surface area (Å²) in [6.07, 6.45) is 1.14. The molecule has 0 aliphatic rings. The summed E-state index contributed by atoms with van der Waals surface area (Å²) >= 11 is 0. The van der Waals surface area contributed by atoms with Gasteiger partial charge in [-0.2, -0.15) is 8.78 Å². The highest BCUT2D eigenvalue weighted by Crippen LogP contribution is 2.15. The Balaban J connectivity index is 2.60. The lowest BCUT2D eigenvalue weighted by atomic mass is 10.2. The van der Waals surface area contributed by atoms with Crippen LogP contribution in [0.4, 0.5) is 8.78 Å². The third-order valence-electron chi connectivity index (χ3n) is 1.78. The van der Waals surface area contributed by atoms with Crippen LogP contribution in [-0.2, 0) is 11.3 Å². The molecule has 1 N–H and O–H groups in total. The molecular weight excluding hydrogens is 216 g/mol. The second kappa shape index (κ2) is 5.85. The summed E-state index contributed by atoms with van der Waals surface area (Å²) in [5.41, 5.74) is 0.674. The zero-order valence-corrected chi connectivity index (χ0v) is 8.45. The smallest absolute Gasteiger partial charge is 0.387 e. The molecule has 0 aromatic heterocycles. The van der Waals surface area contributed by atoms with Crippen molar-refractivity contribution in [2.24, 2.45) is 0 Å². The highest BCUT2D eigenvalue weighted by molar-refractivity contribution is 5.86. The van der Waals surface area contributed by atoms with Crippen LogP contribution in [0, 0.1) is 0 Å². The Hall–Kier alpha value is -1.91. The Labute approximate surface area is 91.7 Å². The van der Waals surface area contributed by atoms with E-state index in [-0.39, 0.29) is 18.2 Å². The number of ether oxygens (including phenoxy) is 1. The normalized spacial score (nSPS) is 9.94. The van der Waals surface area contributed by atoms with Gasteiger partial charge in [0.15, 0.2) is 0 Å². The minimum Gasteiger partial charge on any atom is -0.435 e. The molecule has 0 aliphatic heterocycles. The van der Waals surface area contributed by atoms with E-state index in [0.717, 1.165) is 6.08 Å². The highest BCUT2D eigenvalue weighted by atomic mass is 19.3. The molecule has 1 aromatic carbocycles. The number of hydrogen-bond acceptors (Lipinski definition) is 2. The Bertz CT molecular complexity index is 380. The summed E-state index contributed by atoms with van der Waals surface area (Å²) in [4.78, 5) is 10.9. The largest absolute Gasteiger partial charge is 0.435 e. The first-order valence-electron chi connectivity index (χ1n) is 4.56. The standard InChI is InChI=1S/C11H11F2NO2/c1-2-10(15)14-7-8-4-3-5-9(6-8)16-11(12)13/h2-6,11H,1,7H2,(H,14,15). The topological polar surface area (TPSA) is 38.3 Å². The van der Waals surface area contributed by atoms with Gasteiger partial charge in [-0.05, 0) is 23.8 Å². The number of halogens is 2. The molecular formula is C11H11F2NO2. The van der Waals surface area contributed by atoms with Crippen molar-refractivity contribution in [1.82, 2.24) is 5.32 Å². The van der Waals surface area contributed by atoms with E-state index in [0.29, 0.717) is 5.56 Å².